The molecule has 0 atom stereocenters. The minimum Gasteiger partial charge on any atom is -0.370 e. The van der Waals surface area contributed by atoms with Crippen LogP contribution in [-0.4, -0.2) is 34.5 Å². The van der Waals surface area contributed by atoms with Crippen LogP contribution in [0.25, 0.3) is 5.70 Å². The molecule has 0 amide bonds. The fraction of sp³-hybridized carbons (Fsp3) is 0.476. The van der Waals surface area contributed by atoms with E-state index in [1.165, 1.54) is 12.8 Å². The van der Waals surface area contributed by atoms with E-state index >= 15 is 0 Å². The zero-order valence-corrected chi connectivity index (χ0v) is 14.6. The van der Waals surface area contributed by atoms with Gasteiger partial charge in [0, 0.05) is 37.7 Å². The second-order valence-electron chi connectivity index (χ2n) is 7.46. The number of carbonyl (C=O) groups excluding carboxylic acids is 2. The summed E-state index contributed by atoms with van der Waals surface area (Å²) in [4.78, 5) is 31.2. The van der Waals surface area contributed by atoms with Gasteiger partial charge in [0.15, 0.2) is 11.6 Å². The van der Waals surface area contributed by atoms with Crippen molar-refractivity contribution in [3.05, 3.63) is 34.7 Å². The lowest BCUT2D eigenvalue weighted by Gasteiger charge is -2.37. The van der Waals surface area contributed by atoms with Gasteiger partial charge in [-0.15, -0.1) is 6.42 Å². The highest BCUT2D eigenvalue weighted by Gasteiger charge is 2.45. The Kier molecular flexibility index (Phi) is 3.76. The molecule has 2 aliphatic carbocycles. The normalized spacial score (nSPS) is 21.1. The number of hydrogen-bond donors (Lipinski definition) is 0. The van der Waals surface area contributed by atoms with Gasteiger partial charge in [0.1, 0.15) is 5.69 Å². The highest BCUT2D eigenvalue weighted by Crippen LogP contribution is 2.54. The molecule has 1 saturated carbocycles. The molecule has 0 N–H and O–H groups in total. The van der Waals surface area contributed by atoms with Crippen LogP contribution in [0.2, 0.25) is 0 Å². The van der Waals surface area contributed by atoms with E-state index in [0.717, 1.165) is 42.8 Å². The Hall–Kier alpha value is -2.41. The van der Waals surface area contributed by atoms with Crippen LogP contribution < -0.4 is 0 Å². The first kappa shape index (κ1) is 16.1. The fourth-order valence-corrected chi connectivity index (χ4v) is 4.07. The zero-order valence-electron chi connectivity index (χ0n) is 14.6. The lowest BCUT2D eigenvalue weighted by molar-refractivity contribution is -0.114. The topological polar surface area (TPSA) is 50.3 Å². The third-order valence-corrected chi connectivity index (χ3v) is 5.96. The number of nitrogens with zero attached hydrogens (tertiary/aromatic N) is 2. The van der Waals surface area contributed by atoms with Gasteiger partial charge in [0.25, 0.3) is 0 Å². The van der Waals surface area contributed by atoms with Crippen molar-refractivity contribution in [2.75, 3.05) is 13.1 Å². The molecule has 1 aromatic rings. The molecule has 4 nitrogen and oxygen atoms in total. The third kappa shape index (κ3) is 2.68. The van der Waals surface area contributed by atoms with Crippen molar-refractivity contribution in [3.8, 4) is 12.3 Å². The van der Waals surface area contributed by atoms with Gasteiger partial charge in [-0.05, 0) is 42.7 Å². The molecule has 1 aliphatic heterocycles. The van der Waals surface area contributed by atoms with Gasteiger partial charge < -0.3 is 4.90 Å². The third-order valence-electron chi connectivity index (χ3n) is 5.96. The van der Waals surface area contributed by atoms with Crippen LogP contribution in [0.4, 0.5) is 0 Å². The Morgan fingerprint density at radius 1 is 1.32 bits per heavy atom. The van der Waals surface area contributed by atoms with E-state index in [1.807, 2.05) is 13.0 Å². The number of fused-ring (bicyclic) bond motifs is 1. The molecule has 1 aromatic heterocycles. The number of likely N-dealkylation sites (tertiary alicyclic amines) is 1. The maximum absolute atomic E-state index is 12.5. The van der Waals surface area contributed by atoms with Gasteiger partial charge in [-0.25, -0.2) is 0 Å². The molecule has 2 fully saturated rings. The number of ketones is 2. The number of carbonyl (C=O) groups is 2. The molecule has 1 spiro atoms. The molecule has 0 aromatic carbocycles. The molecular formula is C21H22N2O2. The van der Waals surface area contributed by atoms with Crippen molar-refractivity contribution in [3.63, 3.8) is 0 Å². The first-order valence-electron chi connectivity index (χ1n) is 9.08. The van der Waals surface area contributed by atoms with Crippen molar-refractivity contribution >= 4 is 17.3 Å². The summed E-state index contributed by atoms with van der Waals surface area (Å²) < 4.78 is 0. The monoisotopic (exact) mass is 334 g/mol. The number of aromatic nitrogens is 1. The van der Waals surface area contributed by atoms with Gasteiger partial charge in [-0.3, -0.25) is 14.6 Å². The van der Waals surface area contributed by atoms with Crippen molar-refractivity contribution in [2.24, 2.45) is 5.41 Å². The van der Waals surface area contributed by atoms with Gasteiger partial charge in [-0.1, -0.05) is 12.8 Å². The maximum atomic E-state index is 12.5. The molecule has 0 radical (unpaired) electrons. The van der Waals surface area contributed by atoms with Crippen molar-refractivity contribution in [1.82, 2.24) is 9.88 Å². The van der Waals surface area contributed by atoms with E-state index in [4.69, 9.17) is 6.42 Å². The van der Waals surface area contributed by atoms with E-state index in [9.17, 15) is 9.59 Å². The molecule has 128 valence electrons. The summed E-state index contributed by atoms with van der Waals surface area (Å²) in [6.07, 6.45) is 13.0. The lowest BCUT2D eigenvalue weighted by Crippen LogP contribution is -2.36. The number of pyridine rings is 1. The molecule has 4 rings (SSSR count). The summed E-state index contributed by atoms with van der Waals surface area (Å²) in [5, 5.41) is 0. The van der Waals surface area contributed by atoms with Crippen molar-refractivity contribution < 1.29 is 9.59 Å². The average Bonchev–Trinajstić information content (AvgIpc) is 3.39. The minimum atomic E-state index is -0.0203. The summed E-state index contributed by atoms with van der Waals surface area (Å²) >= 11 is 0. The van der Waals surface area contributed by atoms with Gasteiger partial charge in [-0.2, -0.15) is 0 Å². The lowest BCUT2D eigenvalue weighted by atomic mass is 9.86. The number of rotatable bonds is 3. The minimum absolute atomic E-state index is 0.0110. The fourth-order valence-electron chi connectivity index (χ4n) is 4.07. The van der Waals surface area contributed by atoms with Crippen LogP contribution in [0.3, 0.4) is 0 Å². The largest absolute Gasteiger partial charge is 0.370 e. The summed E-state index contributed by atoms with van der Waals surface area (Å²) in [5.41, 5.74) is 4.11. The molecule has 0 unspecified atom stereocenters. The Balaban J connectivity index is 1.78. The maximum Gasteiger partial charge on any atom is 0.180 e. The first-order chi connectivity index (χ1) is 12.1. The molecule has 4 heteroatoms. The summed E-state index contributed by atoms with van der Waals surface area (Å²) in [5.74, 6) is 2.61. The number of terminal acetylenes is 1. The Bertz CT molecular complexity index is 830. The quantitative estimate of drug-likeness (QED) is 0.630. The summed E-state index contributed by atoms with van der Waals surface area (Å²) in [6, 6.07) is 1.84. The Labute approximate surface area is 148 Å². The van der Waals surface area contributed by atoms with E-state index in [1.54, 1.807) is 6.20 Å². The number of hydrogen-bond acceptors (Lipinski definition) is 4. The van der Waals surface area contributed by atoms with E-state index in [0.29, 0.717) is 23.1 Å². The second kappa shape index (κ2) is 5.84. The number of piperidine rings is 1. The van der Waals surface area contributed by atoms with Gasteiger partial charge >= 0.3 is 0 Å². The van der Waals surface area contributed by atoms with E-state index in [2.05, 4.69) is 15.8 Å². The van der Waals surface area contributed by atoms with Crippen LogP contribution in [0.15, 0.2) is 17.8 Å². The predicted octanol–water partition coefficient (Wildman–Crippen LogP) is 3.02. The average molecular weight is 334 g/mol. The van der Waals surface area contributed by atoms with Crippen LogP contribution in [0.5, 0.6) is 0 Å². The molecule has 0 bridgehead atoms. The molecular weight excluding hydrogens is 312 g/mol. The van der Waals surface area contributed by atoms with Crippen LogP contribution in [0, 0.1) is 17.8 Å². The van der Waals surface area contributed by atoms with Crippen molar-refractivity contribution in [1.29, 1.82) is 0 Å². The van der Waals surface area contributed by atoms with E-state index in [-0.39, 0.29) is 18.0 Å². The van der Waals surface area contributed by atoms with Gasteiger partial charge in [0.2, 0.25) is 0 Å². The smallest absolute Gasteiger partial charge is 0.180 e. The number of Topliss-reactive ketones (excluding diaryl/α,β-unsaturated/α-hetero) is 2. The Morgan fingerprint density at radius 3 is 2.64 bits per heavy atom. The molecule has 25 heavy (non-hydrogen) atoms. The second-order valence-corrected chi connectivity index (χ2v) is 7.46. The molecule has 2 heterocycles. The Morgan fingerprint density at radius 2 is 2.04 bits per heavy atom. The SMILES string of the molecule is C#CC1=C(N2CCC3(CC2)CC3)c2cc(C(=O)CC)ncc2CC1=O. The van der Waals surface area contributed by atoms with Crippen LogP contribution in [-0.2, 0) is 11.2 Å². The number of allylic oxidation sites excluding steroid dienone is 1. The highest BCUT2D eigenvalue weighted by molar-refractivity contribution is 6.10. The van der Waals surface area contributed by atoms with E-state index < -0.39 is 0 Å². The van der Waals surface area contributed by atoms with Crippen molar-refractivity contribution in [2.45, 2.75) is 45.4 Å². The summed E-state index contributed by atoms with van der Waals surface area (Å²) in [6.45, 7) is 3.68. The zero-order chi connectivity index (χ0) is 17.6. The highest BCUT2D eigenvalue weighted by atomic mass is 16.1. The predicted molar refractivity (Wildman–Crippen MR) is 95.8 cm³/mol. The standard InChI is InChI=1S/C21H22N2O2/c1-3-15-19(25)11-14-13-22-17(18(24)4-2)12-16(14)20(15)23-9-7-21(5-6-21)8-10-23/h1,12-13H,4-11H2,2H3. The van der Waals surface area contributed by atoms with Gasteiger partial charge in [0.05, 0.1) is 11.3 Å². The first-order valence-corrected chi connectivity index (χ1v) is 9.08. The summed E-state index contributed by atoms with van der Waals surface area (Å²) in [7, 11) is 0. The van der Waals surface area contributed by atoms with Crippen LogP contribution >= 0.6 is 0 Å². The molecule has 1 saturated heterocycles. The van der Waals surface area contributed by atoms with Crippen LogP contribution in [0.1, 0.15) is 60.6 Å². The molecule has 3 aliphatic rings.